The molecule has 1 aromatic heterocycles. The second kappa shape index (κ2) is 7.02. The second-order valence-electron chi connectivity index (χ2n) is 7.46. The number of piperidine rings is 1. The molecule has 0 radical (unpaired) electrons. The van der Waals surface area contributed by atoms with Crippen molar-refractivity contribution < 1.29 is 9.59 Å². The fraction of sp³-hybridized carbons (Fsp3) is 0.632. The van der Waals surface area contributed by atoms with Gasteiger partial charge >= 0.3 is 0 Å². The predicted molar refractivity (Wildman–Crippen MR) is 96.3 cm³/mol. The van der Waals surface area contributed by atoms with E-state index in [-0.39, 0.29) is 23.7 Å². The lowest BCUT2D eigenvalue weighted by Crippen LogP contribution is -2.44. The van der Waals surface area contributed by atoms with Gasteiger partial charge in [0.05, 0.1) is 11.6 Å². The highest BCUT2D eigenvalue weighted by Gasteiger charge is 2.36. The minimum atomic E-state index is -0.122. The van der Waals surface area contributed by atoms with Gasteiger partial charge in [-0.05, 0) is 50.7 Å². The topological polar surface area (TPSA) is 65.5 Å². The van der Waals surface area contributed by atoms with E-state index in [2.05, 4.69) is 15.2 Å². The fourth-order valence-electron chi connectivity index (χ4n) is 3.89. The quantitative estimate of drug-likeness (QED) is 0.912. The minimum absolute atomic E-state index is 0.0155. The van der Waals surface area contributed by atoms with Crippen molar-refractivity contribution in [2.24, 2.45) is 11.8 Å². The summed E-state index contributed by atoms with van der Waals surface area (Å²) in [4.78, 5) is 33.7. The Bertz CT molecular complexity index is 653. The largest absolute Gasteiger partial charge is 0.355 e. The van der Waals surface area contributed by atoms with E-state index in [4.69, 9.17) is 0 Å². The molecule has 0 bridgehead atoms. The molecule has 2 aliphatic heterocycles. The molecule has 25 heavy (non-hydrogen) atoms. The number of amides is 2. The summed E-state index contributed by atoms with van der Waals surface area (Å²) in [5.41, 5.74) is 0.792. The van der Waals surface area contributed by atoms with Gasteiger partial charge in [-0.1, -0.05) is 0 Å². The van der Waals surface area contributed by atoms with Crippen LogP contribution in [0, 0.1) is 11.8 Å². The lowest BCUT2D eigenvalue weighted by molar-refractivity contribution is -0.135. The maximum Gasteiger partial charge on any atom is 0.229 e. The minimum Gasteiger partial charge on any atom is -0.355 e. The zero-order chi connectivity index (χ0) is 17.2. The van der Waals surface area contributed by atoms with E-state index >= 15 is 0 Å². The lowest BCUT2D eigenvalue weighted by Gasteiger charge is -2.32. The first-order valence-corrected chi connectivity index (χ1v) is 9.52. The molecule has 1 unspecified atom stereocenters. The summed E-state index contributed by atoms with van der Waals surface area (Å²) in [7, 11) is 0. The summed E-state index contributed by atoms with van der Waals surface area (Å²) in [6.45, 7) is 3.34. The first-order chi connectivity index (χ1) is 12.2. The molecule has 1 aliphatic carbocycles. The molecule has 1 aromatic rings. The average molecular weight is 342 g/mol. The summed E-state index contributed by atoms with van der Waals surface area (Å²) >= 11 is 0. The Hall–Kier alpha value is -2.11. The molecule has 3 aliphatic rings. The van der Waals surface area contributed by atoms with Crippen molar-refractivity contribution >= 4 is 23.3 Å². The van der Waals surface area contributed by atoms with Crippen LogP contribution >= 0.6 is 0 Å². The van der Waals surface area contributed by atoms with Crippen LogP contribution in [0.25, 0.3) is 0 Å². The van der Waals surface area contributed by atoms with Crippen LogP contribution in [-0.4, -0.2) is 47.9 Å². The number of carbonyl (C=O) groups excluding carboxylic acids is 2. The van der Waals surface area contributed by atoms with Crippen molar-refractivity contribution in [1.82, 2.24) is 9.88 Å². The van der Waals surface area contributed by atoms with Crippen LogP contribution in [0.2, 0.25) is 0 Å². The van der Waals surface area contributed by atoms with E-state index in [0.29, 0.717) is 6.54 Å². The summed E-state index contributed by atoms with van der Waals surface area (Å²) in [6, 6.07) is 3.79. The number of likely N-dealkylation sites (tertiary alicyclic amines) is 1. The number of nitrogens with one attached hydrogen (secondary N) is 1. The molecule has 1 N–H and O–H groups in total. The Labute approximate surface area is 148 Å². The van der Waals surface area contributed by atoms with Crippen LogP contribution in [0.3, 0.4) is 0 Å². The molecule has 0 aromatic carbocycles. The van der Waals surface area contributed by atoms with E-state index in [1.165, 1.54) is 12.8 Å². The average Bonchev–Trinajstić information content (AvgIpc) is 3.36. The molecule has 6 nitrogen and oxygen atoms in total. The first kappa shape index (κ1) is 16.4. The van der Waals surface area contributed by atoms with Gasteiger partial charge < -0.3 is 15.1 Å². The molecule has 2 amide bonds. The third-order valence-electron chi connectivity index (χ3n) is 5.48. The van der Waals surface area contributed by atoms with Crippen molar-refractivity contribution in [2.75, 3.05) is 36.4 Å². The number of rotatable bonds is 4. The van der Waals surface area contributed by atoms with E-state index in [1.807, 2.05) is 17.0 Å². The van der Waals surface area contributed by atoms with E-state index < -0.39 is 0 Å². The molecule has 2 saturated heterocycles. The summed E-state index contributed by atoms with van der Waals surface area (Å²) in [6.07, 6.45) is 7.90. The summed E-state index contributed by atoms with van der Waals surface area (Å²) < 4.78 is 0. The second-order valence-corrected chi connectivity index (χ2v) is 7.46. The molecule has 3 fully saturated rings. The van der Waals surface area contributed by atoms with Gasteiger partial charge in [-0.3, -0.25) is 9.59 Å². The smallest absolute Gasteiger partial charge is 0.229 e. The maximum atomic E-state index is 12.8. The Kier molecular flexibility index (Phi) is 4.59. The van der Waals surface area contributed by atoms with Crippen molar-refractivity contribution in [3.8, 4) is 0 Å². The molecular formula is C19H26N4O2. The highest BCUT2D eigenvalue weighted by atomic mass is 16.2. The van der Waals surface area contributed by atoms with Gasteiger partial charge in [0, 0.05) is 38.3 Å². The van der Waals surface area contributed by atoms with Gasteiger partial charge in [0.15, 0.2) is 5.82 Å². The number of hydrogen-bond acceptors (Lipinski definition) is 4. The third-order valence-corrected chi connectivity index (χ3v) is 5.48. The Morgan fingerprint density at radius 3 is 2.60 bits per heavy atom. The Morgan fingerprint density at radius 2 is 1.84 bits per heavy atom. The van der Waals surface area contributed by atoms with Gasteiger partial charge in [-0.2, -0.15) is 0 Å². The standard InChI is InChI=1S/C19H26N4O2/c24-18(15-5-4-12-23(13-15)19(25)14-7-8-14)21-16-6-3-9-20-17(16)22-10-1-2-11-22/h3,6,9,14-15H,1-2,4-5,7-8,10-13H2,(H,21,24). The van der Waals surface area contributed by atoms with Gasteiger partial charge in [0.1, 0.15) is 0 Å². The maximum absolute atomic E-state index is 12.8. The number of nitrogens with zero attached hydrogens (tertiary/aromatic N) is 3. The van der Waals surface area contributed by atoms with Gasteiger partial charge in [0.2, 0.25) is 11.8 Å². The number of carbonyl (C=O) groups is 2. The number of aromatic nitrogens is 1. The van der Waals surface area contributed by atoms with Crippen LogP contribution in [-0.2, 0) is 9.59 Å². The lowest BCUT2D eigenvalue weighted by atomic mass is 9.96. The predicted octanol–water partition coefficient (Wildman–Crippen LogP) is 2.27. The van der Waals surface area contributed by atoms with Crippen LogP contribution in [0.15, 0.2) is 18.3 Å². The zero-order valence-corrected chi connectivity index (χ0v) is 14.6. The van der Waals surface area contributed by atoms with Crippen molar-refractivity contribution in [3.05, 3.63) is 18.3 Å². The highest BCUT2D eigenvalue weighted by Crippen LogP contribution is 2.33. The monoisotopic (exact) mass is 342 g/mol. The van der Waals surface area contributed by atoms with E-state index in [9.17, 15) is 9.59 Å². The first-order valence-electron chi connectivity index (χ1n) is 9.52. The van der Waals surface area contributed by atoms with E-state index in [1.54, 1.807) is 6.20 Å². The molecule has 4 rings (SSSR count). The molecule has 134 valence electrons. The number of anilines is 2. The van der Waals surface area contributed by atoms with Crippen LogP contribution in [0.4, 0.5) is 11.5 Å². The van der Waals surface area contributed by atoms with Crippen molar-refractivity contribution in [1.29, 1.82) is 0 Å². The Morgan fingerprint density at radius 1 is 1.04 bits per heavy atom. The van der Waals surface area contributed by atoms with Crippen LogP contribution < -0.4 is 10.2 Å². The SMILES string of the molecule is O=C(Nc1cccnc1N1CCCC1)C1CCCN(C(=O)C2CC2)C1. The third kappa shape index (κ3) is 3.62. The van der Waals surface area contributed by atoms with E-state index in [0.717, 1.165) is 56.8 Å². The van der Waals surface area contributed by atoms with Gasteiger partial charge in [-0.15, -0.1) is 0 Å². The summed E-state index contributed by atoms with van der Waals surface area (Å²) in [5, 5.41) is 3.08. The molecule has 3 heterocycles. The number of hydrogen-bond donors (Lipinski definition) is 1. The van der Waals surface area contributed by atoms with Gasteiger partial charge in [-0.25, -0.2) is 4.98 Å². The zero-order valence-electron chi connectivity index (χ0n) is 14.6. The van der Waals surface area contributed by atoms with Crippen LogP contribution in [0.5, 0.6) is 0 Å². The van der Waals surface area contributed by atoms with Crippen molar-refractivity contribution in [3.63, 3.8) is 0 Å². The molecule has 0 spiro atoms. The molecule has 6 heteroatoms. The normalized spacial score (nSPS) is 23.6. The molecule has 1 saturated carbocycles. The van der Waals surface area contributed by atoms with Gasteiger partial charge in [0.25, 0.3) is 0 Å². The highest BCUT2D eigenvalue weighted by molar-refractivity contribution is 5.95. The fourth-order valence-corrected chi connectivity index (χ4v) is 3.89. The summed E-state index contributed by atoms with van der Waals surface area (Å²) in [5.74, 6) is 1.23. The molecular weight excluding hydrogens is 316 g/mol. The Balaban J connectivity index is 1.42. The number of pyridine rings is 1. The van der Waals surface area contributed by atoms with Crippen LogP contribution in [0.1, 0.15) is 38.5 Å². The molecule has 1 atom stereocenters. The van der Waals surface area contributed by atoms with Crippen molar-refractivity contribution in [2.45, 2.75) is 38.5 Å².